The van der Waals surface area contributed by atoms with Gasteiger partial charge in [0.1, 0.15) is 5.82 Å². The van der Waals surface area contributed by atoms with E-state index < -0.39 is 6.10 Å². The van der Waals surface area contributed by atoms with E-state index in [2.05, 4.69) is 5.32 Å². The minimum atomic E-state index is -0.555. The van der Waals surface area contributed by atoms with Gasteiger partial charge in [-0.2, -0.15) is 0 Å². The molecule has 1 atom stereocenters. The van der Waals surface area contributed by atoms with Gasteiger partial charge in [0.15, 0.2) is 0 Å². The van der Waals surface area contributed by atoms with E-state index in [1.165, 1.54) is 12.1 Å². The van der Waals surface area contributed by atoms with E-state index in [-0.39, 0.29) is 12.4 Å². The Morgan fingerprint density at radius 3 is 2.80 bits per heavy atom. The van der Waals surface area contributed by atoms with Crippen molar-refractivity contribution in [1.29, 1.82) is 0 Å². The predicted octanol–water partition coefficient (Wildman–Crippen LogP) is 1.34. The number of fused-ring (bicyclic) bond motifs is 1. The van der Waals surface area contributed by atoms with Gasteiger partial charge in [0.25, 0.3) is 0 Å². The van der Waals surface area contributed by atoms with Crippen LogP contribution in [-0.2, 0) is 6.54 Å². The number of hydrogen-bond acceptors (Lipinski definition) is 3. The van der Waals surface area contributed by atoms with Gasteiger partial charge in [0, 0.05) is 29.7 Å². The van der Waals surface area contributed by atoms with Crippen LogP contribution in [0.4, 0.5) is 4.39 Å². The molecule has 0 saturated heterocycles. The number of aryl methyl sites for hydroxylation is 1. The first-order chi connectivity index (χ1) is 9.54. The second-order valence-corrected chi connectivity index (χ2v) is 5.06. The van der Waals surface area contributed by atoms with Crippen LogP contribution in [0.3, 0.4) is 0 Å². The molecule has 110 valence electrons. The van der Waals surface area contributed by atoms with Gasteiger partial charge in [-0.3, -0.25) is 0 Å². The Morgan fingerprint density at radius 2 is 2.10 bits per heavy atom. The average molecular weight is 280 g/mol. The SMILES string of the molecule is Cc1c(C)n(CC(O)CNCCO)c2ccc(F)cc12. The summed E-state index contributed by atoms with van der Waals surface area (Å²) >= 11 is 0. The molecule has 1 heterocycles. The highest BCUT2D eigenvalue weighted by molar-refractivity contribution is 5.85. The predicted molar refractivity (Wildman–Crippen MR) is 77.3 cm³/mol. The van der Waals surface area contributed by atoms with Crippen molar-refractivity contribution in [2.45, 2.75) is 26.5 Å². The van der Waals surface area contributed by atoms with Crippen LogP contribution in [0.2, 0.25) is 0 Å². The quantitative estimate of drug-likeness (QED) is 0.700. The third kappa shape index (κ3) is 3.00. The van der Waals surface area contributed by atoms with Gasteiger partial charge in [-0.15, -0.1) is 0 Å². The molecule has 1 aromatic heterocycles. The third-order valence-electron chi connectivity index (χ3n) is 3.66. The lowest BCUT2D eigenvalue weighted by atomic mass is 10.1. The zero-order valence-corrected chi connectivity index (χ0v) is 11.9. The minimum absolute atomic E-state index is 0.0522. The van der Waals surface area contributed by atoms with Gasteiger partial charge >= 0.3 is 0 Å². The van der Waals surface area contributed by atoms with E-state index in [1.54, 1.807) is 6.07 Å². The van der Waals surface area contributed by atoms with Gasteiger partial charge in [0.05, 0.1) is 19.3 Å². The Bertz CT molecular complexity index is 595. The minimum Gasteiger partial charge on any atom is -0.395 e. The summed E-state index contributed by atoms with van der Waals surface area (Å²) in [5, 5.41) is 22.6. The molecule has 0 aliphatic carbocycles. The lowest BCUT2D eigenvalue weighted by Gasteiger charge is -2.15. The summed E-state index contributed by atoms with van der Waals surface area (Å²) in [5.41, 5.74) is 3.00. The van der Waals surface area contributed by atoms with Crippen molar-refractivity contribution in [3.63, 3.8) is 0 Å². The lowest BCUT2D eigenvalue weighted by molar-refractivity contribution is 0.149. The van der Waals surface area contributed by atoms with E-state index >= 15 is 0 Å². The molecule has 2 rings (SSSR count). The van der Waals surface area contributed by atoms with Crippen molar-refractivity contribution < 1.29 is 14.6 Å². The van der Waals surface area contributed by atoms with Crippen LogP contribution in [-0.4, -0.2) is 40.6 Å². The summed E-state index contributed by atoms with van der Waals surface area (Å²) in [6.07, 6.45) is -0.555. The van der Waals surface area contributed by atoms with Crippen LogP contribution < -0.4 is 5.32 Å². The van der Waals surface area contributed by atoms with E-state index in [1.807, 2.05) is 18.4 Å². The molecule has 0 fully saturated rings. The van der Waals surface area contributed by atoms with Crippen molar-refractivity contribution in [3.8, 4) is 0 Å². The van der Waals surface area contributed by atoms with Crippen LogP contribution in [0.5, 0.6) is 0 Å². The number of benzene rings is 1. The molecule has 5 heteroatoms. The second-order valence-electron chi connectivity index (χ2n) is 5.06. The molecule has 0 bridgehead atoms. The number of aliphatic hydroxyl groups excluding tert-OH is 2. The maximum atomic E-state index is 13.3. The van der Waals surface area contributed by atoms with Crippen LogP contribution in [0.1, 0.15) is 11.3 Å². The van der Waals surface area contributed by atoms with Gasteiger partial charge in [0.2, 0.25) is 0 Å². The third-order valence-corrected chi connectivity index (χ3v) is 3.66. The molecule has 2 aromatic rings. The standard InChI is InChI=1S/C15H21FN2O2/c1-10-11(2)18(9-13(20)8-17-5-6-19)15-4-3-12(16)7-14(10)15/h3-4,7,13,17,19-20H,5-6,8-9H2,1-2H3. The van der Waals surface area contributed by atoms with E-state index in [0.717, 1.165) is 22.2 Å². The topological polar surface area (TPSA) is 57.4 Å². The molecule has 0 aliphatic heterocycles. The van der Waals surface area contributed by atoms with E-state index in [9.17, 15) is 9.50 Å². The zero-order chi connectivity index (χ0) is 14.7. The van der Waals surface area contributed by atoms with Crippen LogP contribution in [0, 0.1) is 19.7 Å². The molecular weight excluding hydrogens is 259 g/mol. The monoisotopic (exact) mass is 280 g/mol. The number of nitrogens with one attached hydrogen (secondary N) is 1. The normalized spacial score (nSPS) is 13.1. The second kappa shape index (κ2) is 6.35. The van der Waals surface area contributed by atoms with Crippen molar-refractivity contribution in [2.24, 2.45) is 0 Å². The maximum absolute atomic E-state index is 13.3. The summed E-state index contributed by atoms with van der Waals surface area (Å²) in [4.78, 5) is 0. The molecule has 1 aromatic carbocycles. The van der Waals surface area contributed by atoms with Crippen LogP contribution in [0.25, 0.3) is 10.9 Å². The Balaban J connectivity index is 2.23. The fourth-order valence-electron chi connectivity index (χ4n) is 2.48. The summed E-state index contributed by atoms with van der Waals surface area (Å²) < 4.78 is 15.3. The smallest absolute Gasteiger partial charge is 0.123 e. The molecule has 20 heavy (non-hydrogen) atoms. The molecule has 0 spiro atoms. The number of nitrogens with zero attached hydrogens (tertiary/aromatic N) is 1. The number of hydrogen-bond donors (Lipinski definition) is 3. The van der Waals surface area contributed by atoms with Gasteiger partial charge in [-0.25, -0.2) is 4.39 Å². The molecule has 1 unspecified atom stereocenters. The summed E-state index contributed by atoms with van der Waals surface area (Å²) in [7, 11) is 0. The Kier molecular flexibility index (Phi) is 4.75. The van der Waals surface area contributed by atoms with Crippen molar-refractivity contribution in [2.75, 3.05) is 19.7 Å². The van der Waals surface area contributed by atoms with Gasteiger partial charge < -0.3 is 20.1 Å². The van der Waals surface area contributed by atoms with Crippen molar-refractivity contribution in [1.82, 2.24) is 9.88 Å². The van der Waals surface area contributed by atoms with E-state index in [4.69, 9.17) is 5.11 Å². The molecule has 4 nitrogen and oxygen atoms in total. The lowest BCUT2D eigenvalue weighted by Crippen LogP contribution is -2.32. The summed E-state index contributed by atoms with van der Waals surface area (Å²) in [6, 6.07) is 4.72. The Morgan fingerprint density at radius 1 is 1.35 bits per heavy atom. The van der Waals surface area contributed by atoms with E-state index in [0.29, 0.717) is 19.6 Å². The summed E-state index contributed by atoms with van der Waals surface area (Å²) in [5.74, 6) is -0.247. The highest BCUT2D eigenvalue weighted by Gasteiger charge is 2.14. The molecule has 3 N–H and O–H groups in total. The first-order valence-corrected chi connectivity index (χ1v) is 6.79. The van der Waals surface area contributed by atoms with Gasteiger partial charge in [-0.05, 0) is 37.6 Å². The largest absolute Gasteiger partial charge is 0.395 e. The fraction of sp³-hybridized carbons (Fsp3) is 0.467. The van der Waals surface area contributed by atoms with Crippen molar-refractivity contribution in [3.05, 3.63) is 35.3 Å². The number of aromatic nitrogens is 1. The molecule has 0 saturated carbocycles. The van der Waals surface area contributed by atoms with Crippen LogP contribution in [0.15, 0.2) is 18.2 Å². The van der Waals surface area contributed by atoms with Crippen LogP contribution >= 0.6 is 0 Å². The Hall–Kier alpha value is -1.43. The Labute approximate surface area is 117 Å². The molecule has 0 amide bonds. The fourth-order valence-corrected chi connectivity index (χ4v) is 2.48. The first-order valence-electron chi connectivity index (χ1n) is 6.79. The van der Waals surface area contributed by atoms with Crippen molar-refractivity contribution >= 4 is 10.9 Å². The average Bonchev–Trinajstić information content (AvgIpc) is 2.64. The first kappa shape index (κ1) is 15.0. The highest BCUT2D eigenvalue weighted by atomic mass is 19.1. The molecule has 0 aliphatic rings. The number of rotatable bonds is 6. The number of aliphatic hydroxyl groups is 2. The molecule has 0 radical (unpaired) electrons. The summed E-state index contributed by atoms with van der Waals surface area (Å²) in [6.45, 7) is 5.31. The maximum Gasteiger partial charge on any atom is 0.123 e. The molecular formula is C15H21FN2O2. The van der Waals surface area contributed by atoms with Gasteiger partial charge in [-0.1, -0.05) is 0 Å². The highest BCUT2D eigenvalue weighted by Crippen LogP contribution is 2.26. The zero-order valence-electron chi connectivity index (χ0n) is 11.9. The number of halogens is 1.